The number of piperidine rings is 1. The van der Waals surface area contributed by atoms with Crippen LogP contribution < -0.4 is 0 Å². The first-order valence-corrected chi connectivity index (χ1v) is 9.69. The Kier molecular flexibility index (Phi) is 4.80. The quantitative estimate of drug-likeness (QED) is 0.773. The third kappa shape index (κ3) is 4.98. The minimum Gasteiger partial charge on any atom is -0.450 e. The summed E-state index contributed by atoms with van der Waals surface area (Å²) in [6.45, 7) is 8.56. The summed E-state index contributed by atoms with van der Waals surface area (Å²) in [5, 5.41) is 9.32. The Hall–Kier alpha value is -0.553. The van der Waals surface area contributed by atoms with Crippen molar-refractivity contribution in [1.29, 1.82) is 0 Å². The van der Waals surface area contributed by atoms with Gasteiger partial charge < -0.3 is 14.7 Å². The van der Waals surface area contributed by atoms with Gasteiger partial charge >= 0.3 is 6.09 Å². The highest BCUT2D eigenvalue weighted by molar-refractivity contribution is 6.76. The van der Waals surface area contributed by atoms with Crippen molar-refractivity contribution in [2.24, 2.45) is 0 Å². The number of ether oxygens (including phenoxy) is 1. The van der Waals surface area contributed by atoms with Crippen LogP contribution in [0, 0.1) is 0 Å². The summed E-state index contributed by atoms with van der Waals surface area (Å²) in [6.07, 6.45) is 0.878. The number of carbonyl (C=O) groups excluding carboxylic acids is 1. The molecule has 1 rings (SSSR count). The number of rotatable bonds is 3. The Labute approximate surface area is 98.6 Å². The predicted molar refractivity (Wildman–Crippen MR) is 66.3 cm³/mol. The number of amides is 1. The van der Waals surface area contributed by atoms with E-state index >= 15 is 0 Å². The van der Waals surface area contributed by atoms with Crippen molar-refractivity contribution in [3.8, 4) is 0 Å². The molecule has 16 heavy (non-hydrogen) atoms. The van der Waals surface area contributed by atoms with Gasteiger partial charge in [-0.15, -0.1) is 0 Å². The highest BCUT2D eigenvalue weighted by Crippen LogP contribution is 2.12. The topological polar surface area (TPSA) is 49.8 Å². The number of carbonyl (C=O) groups is 1. The maximum Gasteiger partial charge on any atom is 0.409 e. The molecule has 0 saturated carbocycles. The highest BCUT2D eigenvalue weighted by Gasteiger charge is 2.22. The van der Waals surface area contributed by atoms with Crippen LogP contribution in [0.15, 0.2) is 0 Å². The molecule has 1 aliphatic heterocycles. The van der Waals surface area contributed by atoms with Gasteiger partial charge in [0.1, 0.15) is 0 Å². The lowest BCUT2D eigenvalue weighted by molar-refractivity contribution is 0.0614. The molecule has 1 heterocycles. The normalized spacial score (nSPS) is 18.6. The van der Waals surface area contributed by atoms with Gasteiger partial charge in [-0.25, -0.2) is 4.79 Å². The number of hydrogen-bond donors (Lipinski definition) is 1. The van der Waals surface area contributed by atoms with E-state index in [0.29, 0.717) is 32.5 Å². The molecule has 1 aliphatic rings. The van der Waals surface area contributed by atoms with Crippen LogP contribution in [0.1, 0.15) is 12.8 Å². The van der Waals surface area contributed by atoms with E-state index in [4.69, 9.17) is 4.74 Å². The molecule has 1 fully saturated rings. The fourth-order valence-corrected chi connectivity index (χ4v) is 2.30. The standard InChI is InChI=1S/C11H23NO3Si/c1-16(2,3)9-8-15-11(14)12-6-4-10(13)5-7-12/h10,13H,4-9H2,1-3H3. The average Bonchev–Trinajstić information content (AvgIpc) is 2.16. The van der Waals surface area contributed by atoms with E-state index in [1.54, 1.807) is 4.90 Å². The average molecular weight is 245 g/mol. The fourth-order valence-electron chi connectivity index (χ4n) is 1.58. The second-order valence-electron chi connectivity index (χ2n) is 5.64. The molecule has 0 unspecified atom stereocenters. The van der Waals surface area contributed by atoms with Gasteiger partial charge in [0, 0.05) is 21.2 Å². The lowest BCUT2D eigenvalue weighted by atomic mass is 10.1. The SMILES string of the molecule is C[Si](C)(C)CCOC(=O)N1CCC(O)CC1. The van der Waals surface area contributed by atoms with Gasteiger partial charge in [0.05, 0.1) is 12.7 Å². The first kappa shape index (κ1) is 13.5. The van der Waals surface area contributed by atoms with Gasteiger partial charge in [-0.05, 0) is 18.9 Å². The van der Waals surface area contributed by atoms with E-state index in [2.05, 4.69) is 19.6 Å². The van der Waals surface area contributed by atoms with Crippen LogP contribution >= 0.6 is 0 Å². The molecule has 4 nitrogen and oxygen atoms in total. The smallest absolute Gasteiger partial charge is 0.409 e. The van der Waals surface area contributed by atoms with Gasteiger partial charge in [0.15, 0.2) is 0 Å². The Morgan fingerprint density at radius 1 is 1.38 bits per heavy atom. The zero-order valence-electron chi connectivity index (χ0n) is 10.5. The van der Waals surface area contributed by atoms with Crippen LogP contribution in [-0.4, -0.2) is 50.0 Å². The van der Waals surface area contributed by atoms with E-state index in [1.165, 1.54) is 0 Å². The Bertz CT molecular complexity index is 232. The van der Waals surface area contributed by atoms with Gasteiger partial charge in [-0.2, -0.15) is 0 Å². The summed E-state index contributed by atoms with van der Waals surface area (Å²) in [5.74, 6) is 0. The van der Waals surface area contributed by atoms with E-state index < -0.39 is 8.07 Å². The zero-order valence-corrected chi connectivity index (χ0v) is 11.5. The third-order valence-corrected chi connectivity index (χ3v) is 4.50. The molecule has 94 valence electrons. The molecule has 1 N–H and O–H groups in total. The lowest BCUT2D eigenvalue weighted by Crippen LogP contribution is -2.40. The highest BCUT2D eigenvalue weighted by atomic mass is 28.3. The van der Waals surface area contributed by atoms with Gasteiger partial charge in [-0.3, -0.25) is 0 Å². The summed E-state index contributed by atoms with van der Waals surface area (Å²) in [4.78, 5) is 13.3. The number of aliphatic hydroxyl groups is 1. The zero-order chi connectivity index (χ0) is 12.2. The monoisotopic (exact) mass is 245 g/mol. The van der Waals surface area contributed by atoms with Crippen molar-refractivity contribution in [3.05, 3.63) is 0 Å². The van der Waals surface area contributed by atoms with Crippen LogP contribution in [0.4, 0.5) is 4.79 Å². The molecular weight excluding hydrogens is 222 g/mol. The van der Waals surface area contributed by atoms with Crippen LogP contribution in [0.25, 0.3) is 0 Å². The Morgan fingerprint density at radius 2 is 1.94 bits per heavy atom. The maximum absolute atomic E-state index is 11.6. The molecule has 0 aromatic carbocycles. The second-order valence-corrected chi connectivity index (χ2v) is 11.3. The molecule has 0 aromatic rings. The first-order chi connectivity index (χ1) is 7.38. The maximum atomic E-state index is 11.6. The van der Waals surface area contributed by atoms with Crippen LogP contribution in [0.3, 0.4) is 0 Å². The van der Waals surface area contributed by atoms with Crippen molar-refractivity contribution in [2.45, 2.75) is 44.6 Å². The predicted octanol–water partition coefficient (Wildman–Crippen LogP) is 1.92. The van der Waals surface area contributed by atoms with E-state index in [0.717, 1.165) is 6.04 Å². The largest absolute Gasteiger partial charge is 0.450 e. The van der Waals surface area contributed by atoms with Crippen molar-refractivity contribution in [1.82, 2.24) is 4.90 Å². The Morgan fingerprint density at radius 3 is 2.44 bits per heavy atom. The fraction of sp³-hybridized carbons (Fsp3) is 0.909. The van der Waals surface area contributed by atoms with Crippen molar-refractivity contribution in [2.75, 3.05) is 19.7 Å². The number of aliphatic hydroxyl groups excluding tert-OH is 1. The lowest BCUT2D eigenvalue weighted by Gasteiger charge is -2.29. The van der Waals surface area contributed by atoms with Crippen LogP contribution in [0.2, 0.25) is 25.7 Å². The summed E-state index contributed by atoms with van der Waals surface area (Å²) in [6, 6.07) is 1.01. The minimum atomic E-state index is -1.12. The molecule has 0 atom stereocenters. The number of likely N-dealkylation sites (tertiary alicyclic amines) is 1. The molecule has 5 heteroatoms. The van der Waals surface area contributed by atoms with Crippen molar-refractivity contribution >= 4 is 14.2 Å². The number of nitrogens with zero attached hydrogens (tertiary/aromatic N) is 1. The van der Waals surface area contributed by atoms with Crippen LogP contribution in [-0.2, 0) is 4.74 Å². The third-order valence-electron chi connectivity index (χ3n) is 2.80. The Balaban J connectivity index is 2.20. The molecule has 0 bridgehead atoms. The molecule has 0 aliphatic carbocycles. The number of hydrogen-bond acceptors (Lipinski definition) is 3. The molecule has 0 spiro atoms. The van der Waals surface area contributed by atoms with Gasteiger partial charge in [0.25, 0.3) is 0 Å². The molecular formula is C11H23NO3Si. The van der Waals surface area contributed by atoms with Crippen molar-refractivity contribution in [3.63, 3.8) is 0 Å². The summed E-state index contributed by atoms with van der Waals surface area (Å²) < 4.78 is 5.23. The molecule has 0 aromatic heterocycles. The van der Waals surface area contributed by atoms with Gasteiger partial charge in [0.2, 0.25) is 0 Å². The molecule has 1 amide bonds. The summed E-state index contributed by atoms with van der Waals surface area (Å²) >= 11 is 0. The molecule has 0 radical (unpaired) electrons. The van der Waals surface area contributed by atoms with Crippen LogP contribution in [0.5, 0.6) is 0 Å². The van der Waals surface area contributed by atoms with E-state index in [-0.39, 0.29) is 12.2 Å². The second kappa shape index (κ2) is 5.68. The van der Waals surface area contributed by atoms with Crippen molar-refractivity contribution < 1.29 is 14.6 Å². The molecule has 1 saturated heterocycles. The summed E-state index contributed by atoms with van der Waals surface area (Å²) in [7, 11) is -1.12. The van der Waals surface area contributed by atoms with E-state index in [9.17, 15) is 9.90 Å². The first-order valence-electron chi connectivity index (χ1n) is 5.98. The summed E-state index contributed by atoms with van der Waals surface area (Å²) in [5.41, 5.74) is 0. The van der Waals surface area contributed by atoms with E-state index in [1.807, 2.05) is 0 Å². The van der Waals surface area contributed by atoms with Gasteiger partial charge in [-0.1, -0.05) is 19.6 Å². The minimum absolute atomic E-state index is 0.217.